The second kappa shape index (κ2) is 10.5. The molecule has 3 nitrogen and oxygen atoms in total. The molecule has 1 heterocycles. The Hall–Kier alpha value is -2.72. The number of hydrogen-bond donors (Lipinski definition) is 1. The molecule has 3 aromatic carbocycles. The van der Waals surface area contributed by atoms with Crippen LogP contribution < -0.4 is 4.90 Å². The SMILES string of the molecule is O=C(O)CCc1cccc2c1CCCN2CCSC(c1ccccc1)c1ccccc1. The zero-order chi connectivity index (χ0) is 21.5. The van der Waals surface area contributed by atoms with Crippen molar-refractivity contribution in [3.63, 3.8) is 0 Å². The molecule has 0 saturated heterocycles. The number of aryl methyl sites for hydroxylation is 1. The highest BCUT2D eigenvalue weighted by Crippen LogP contribution is 2.36. The summed E-state index contributed by atoms with van der Waals surface area (Å²) < 4.78 is 0. The van der Waals surface area contributed by atoms with Crippen LogP contribution in [-0.2, 0) is 17.6 Å². The van der Waals surface area contributed by atoms with Crippen molar-refractivity contribution in [2.75, 3.05) is 23.7 Å². The molecule has 4 rings (SSSR count). The van der Waals surface area contributed by atoms with Crippen LogP contribution in [0.1, 0.15) is 40.3 Å². The van der Waals surface area contributed by atoms with Gasteiger partial charge in [-0.15, -0.1) is 11.8 Å². The van der Waals surface area contributed by atoms with Gasteiger partial charge in [-0.3, -0.25) is 4.79 Å². The summed E-state index contributed by atoms with van der Waals surface area (Å²) in [7, 11) is 0. The van der Waals surface area contributed by atoms with E-state index in [1.54, 1.807) is 0 Å². The quantitative estimate of drug-likeness (QED) is 0.452. The summed E-state index contributed by atoms with van der Waals surface area (Å²) in [4.78, 5) is 13.5. The topological polar surface area (TPSA) is 40.5 Å². The lowest BCUT2D eigenvalue weighted by molar-refractivity contribution is -0.136. The molecule has 0 amide bonds. The van der Waals surface area contributed by atoms with Crippen LogP contribution in [0, 0.1) is 0 Å². The highest BCUT2D eigenvalue weighted by atomic mass is 32.2. The second-order valence-corrected chi connectivity index (χ2v) is 9.18. The molecule has 0 fully saturated rings. The van der Waals surface area contributed by atoms with Crippen LogP contribution in [-0.4, -0.2) is 29.9 Å². The van der Waals surface area contributed by atoms with Crippen LogP contribution in [0.2, 0.25) is 0 Å². The number of nitrogens with zero attached hydrogens (tertiary/aromatic N) is 1. The van der Waals surface area contributed by atoms with Crippen molar-refractivity contribution in [2.24, 2.45) is 0 Å². The van der Waals surface area contributed by atoms with E-state index in [1.807, 2.05) is 11.8 Å². The Morgan fingerprint density at radius 3 is 2.26 bits per heavy atom. The van der Waals surface area contributed by atoms with Gasteiger partial charge in [0.25, 0.3) is 0 Å². The Labute approximate surface area is 189 Å². The molecule has 31 heavy (non-hydrogen) atoms. The summed E-state index contributed by atoms with van der Waals surface area (Å²) in [5.74, 6) is 0.308. The Morgan fingerprint density at radius 1 is 0.935 bits per heavy atom. The maximum Gasteiger partial charge on any atom is 0.303 e. The molecule has 0 aliphatic carbocycles. The van der Waals surface area contributed by atoms with Crippen LogP contribution >= 0.6 is 11.8 Å². The number of rotatable bonds is 9. The minimum absolute atomic E-state index is 0.197. The van der Waals surface area contributed by atoms with Crippen molar-refractivity contribution < 1.29 is 9.90 Å². The van der Waals surface area contributed by atoms with Crippen molar-refractivity contribution in [1.82, 2.24) is 0 Å². The van der Waals surface area contributed by atoms with E-state index in [1.165, 1.54) is 27.9 Å². The van der Waals surface area contributed by atoms with E-state index >= 15 is 0 Å². The third kappa shape index (κ3) is 5.50. The average molecular weight is 432 g/mol. The maximum atomic E-state index is 11.0. The Kier molecular flexibility index (Phi) is 7.31. The number of aliphatic carboxylic acids is 1. The first-order valence-electron chi connectivity index (χ1n) is 11.0. The van der Waals surface area contributed by atoms with E-state index in [0.717, 1.165) is 31.7 Å². The van der Waals surface area contributed by atoms with Gasteiger partial charge in [0.05, 0.1) is 5.25 Å². The van der Waals surface area contributed by atoms with E-state index in [4.69, 9.17) is 5.11 Å². The van der Waals surface area contributed by atoms with Crippen molar-refractivity contribution in [2.45, 2.75) is 30.9 Å². The molecule has 4 heteroatoms. The molecule has 0 bridgehead atoms. The van der Waals surface area contributed by atoms with Gasteiger partial charge in [0, 0.05) is 31.0 Å². The van der Waals surface area contributed by atoms with Gasteiger partial charge in [0.2, 0.25) is 0 Å². The molecule has 3 aromatic rings. The van der Waals surface area contributed by atoms with E-state index in [9.17, 15) is 4.79 Å². The lowest BCUT2D eigenvalue weighted by atomic mass is 9.94. The van der Waals surface area contributed by atoms with Crippen LogP contribution in [0.25, 0.3) is 0 Å². The molecular formula is C27H29NO2S. The second-order valence-electron chi connectivity index (χ2n) is 7.97. The molecule has 0 aromatic heterocycles. The van der Waals surface area contributed by atoms with E-state index in [2.05, 4.69) is 83.8 Å². The number of anilines is 1. The third-order valence-corrected chi connectivity index (χ3v) is 7.20. The molecule has 0 saturated carbocycles. The number of fused-ring (bicyclic) bond motifs is 1. The summed E-state index contributed by atoms with van der Waals surface area (Å²) >= 11 is 2.00. The number of benzene rings is 3. The molecular weight excluding hydrogens is 402 g/mol. The summed E-state index contributed by atoms with van der Waals surface area (Å²) in [5, 5.41) is 9.40. The van der Waals surface area contributed by atoms with Gasteiger partial charge in [-0.2, -0.15) is 0 Å². The fourth-order valence-corrected chi connectivity index (χ4v) is 5.66. The van der Waals surface area contributed by atoms with Gasteiger partial charge in [0.1, 0.15) is 0 Å². The summed E-state index contributed by atoms with van der Waals surface area (Å²) in [5.41, 5.74) is 6.53. The average Bonchev–Trinajstić information content (AvgIpc) is 2.81. The normalized spacial score (nSPS) is 13.3. The lowest BCUT2D eigenvalue weighted by Crippen LogP contribution is -2.32. The van der Waals surface area contributed by atoms with Gasteiger partial charge in [-0.25, -0.2) is 0 Å². The highest BCUT2D eigenvalue weighted by Gasteiger charge is 2.20. The fourth-order valence-electron chi connectivity index (χ4n) is 4.40. The van der Waals surface area contributed by atoms with E-state index < -0.39 is 5.97 Å². The van der Waals surface area contributed by atoms with Crippen molar-refractivity contribution >= 4 is 23.4 Å². The van der Waals surface area contributed by atoms with Gasteiger partial charge in [-0.05, 0) is 47.6 Å². The molecule has 1 N–H and O–H groups in total. The Balaban J connectivity index is 1.46. The minimum atomic E-state index is -0.727. The maximum absolute atomic E-state index is 11.0. The zero-order valence-electron chi connectivity index (χ0n) is 17.7. The molecule has 1 aliphatic heterocycles. The zero-order valence-corrected chi connectivity index (χ0v) is 18.6. The first-order valence-corrected chi connectivity index (χ1v) is 12.1. The first kappa shape index (κ1) is 21.5. The minimum Gasteiger partial charge on any atom is -0.481 e. The van der Waals surface area contributed by atoms with Gasteiger partial charge in [0.15, 0.2) is 0 Å². The highest BCUT2D eigenvalue weighted by molar-refractivity contribution is 7.99. The smallest absolute Gasteiger partial charge is 0.303 e. The summed E-state index contributed by atoms with van der Waals surface area (Å²) in [6.45, 7) is 2.06. The van der Waals surface area contributed by atoms with Crippen LogP contribution in [0.4, 0.5) is 5.69 Å². The van der Waals surface area contributed by atoms with Crippen LogP contribution in [0.3, 0.4) is 0 Å². The molecule has 1 aliphatic rings. The summed E-state index contributed by atoms with van der Waals surface area (Å²) in [6.07, 6.45) is 2.99. The molecule has 0 radical (unpaired) electrons. The molecule has 0 unspecified atom stereocenters. The van der Waals surface area contributed by atoms with Crippen molar-refractivity contribution in [3.05, 3.63) is 101 Å². The Morgan fingerprint density at radius 2 is 1.61 bits per heavy atom. The fraction of sp³-hybridized carbons (Fsp3) is 0.296. The summed E-state index contributed by atoms with van der Waals surface area (Å²) in [6, 6.07) is 27.9. The number of hydrogen-bond acceptors (Lipinski definition) is 3. The number of carboxylic acid groups (broad SMARTS) is 1. The van der Waals surface area contributed by atoms with E-state index in [-0.39, 0.29) is 6.42 Å². The van der Waals surface area contributed by atoms with Crippen molar-refractivity contribution in [3.8, 4) is 0 Å². The third-order valence-electron chi connectivity index (χ3n) is 5.90. The molecule has 160 valence electrons. The number of thioether (sulfide) groups is 1. The Bertz CT molecular complexity index is 951. The van der Waals surface area contributed by atoms with Crippen LogP contribution in [0.15, 0.2) is 78.9 Å². The van der Waals surface area contributed by atoms with Crippen molar-refractivity contribution in [1.29, 1.82) is 0 Å². The standard InChI is InChI=1S/C27H29NO2S/c29-26(30)17-16-21-13-7-15-25-24(21)14-8-18-28(25)19-20-31-27(22-9-3-1-4-10-22)23-11-5-2-6-12-23/h1-7,9-13,15,27H,8,14,16-20H2,(H,29,30). The van der Waals surface area contributed by atoms with E-state index in [0.29, 0.717) is 11.7 Å². The predicted molar refractivity (Wildman–Crippen MR) is 130 cm³/mol. The predicted octanol–water partition coefficient (Wildman–Crippen LogP) is 5.98. The van der Waals surface area contributed by atoms with Gasteiger partial charge < -0.3 is 10.0 Å². The monoisotopic (exact) mass is 431 g/mol. The lowest BCUT2D eigenvalue weighted by Gasteiger charge is -2.33. The molecule has 0 atom stereocenters. The van der Waals surface area contributed by atoms with Gasteiger partial charge in [-0.1, -0.05) is 72.8 Å². The first-order chi connectivity index (χ1) is 15.2. The number of carbonyl (C=O) groups is 1. The number of carboxylic acids is 1. The van der Waals surface area contributed by atoms with Gasteiger partial charge >= 0.3 is 5.97 Å². The molecule has 0 spiro atoms. The largest absolute Gasteiger partial charge is 0.481 e. The van der Waals surface area contributed by atoms with Crippen LogP contribution in [0.5, 0.6) is 0 Å².